The molecule has 2 rings (SSSR count). The average molecular weight is 441 g/mol. The van der Waals surface area contributed by atoms with Crippen LogP contribution in [0.5, 0.6) is 0 Å². The van der Waals surface area contributed by atoms with E-state index in [1.807, 2.05) is 30.0 Å². The molecule has 0 bridgehead atoms. The van der Waals surface area contributed by atoms with Gasteiger partial charge in [-0.15, -0.1) is 0 Å². The summed E-state index contributed by atoms with van der Waals surface area (Å²) < 4.78 is 28.9. The van der Waals surface area contributed by atoms with Crippen LogP contribution in [0.4, 0.5) is 0 Å². The molecule has 0 aromatic heterocycles. The summed E-state index contributed by atoms with van der Waals surface area (Å²) in [4.78, 5) is 30.2. The van der Waals surface area contributed by atoms with Gasteiger partial charge in [-0.3, -0.25) is 9.59 Å². The predicted molar refractivity (Wildman–Crippen MR) is 112 cm³/mol. The zero-order valence-electron chi connectivity index (χ0n) is 18.0. The van der Waals surface area contributed by atoms with Crippen molar-refractivity contribution in [3.8, 4) is 6.07 Å². The molecule has 0 radical (unpaired) electrons. The number of sulfone groups is 1. The van der Waals surface area contributed by atoms with Gasteiger partial charge in [-0.2, -0.15) is 5.26 Å². The van der Waals surface area contributed by atoms with Crippen LogP contribution in [0.2, 0.25) is 0 Å². The lowest BCUT2D eigenvalue weighted by atomic mass is 9.96. The van der Waals surface area contributed by atoms with Gasteiger partial charge in [0.2, 0.25) is 0 Å². The van der Waals surface area contributed by atoms with E-state index in [1.54, 1.807) is 11.8 Å². The number of nitriles is 1. The second-order valence-corrected chi connectivity index (χ2v) is 10.3. The Morgan fingerprint density at radius 2 is 1.87 bits per heavy atom. The second kappa shape index (κ2) is 10.8. The van der Waals surface area contributed by atoms with Gasteiger partial charge in [-0.25, -0.2) is 8.42 Å². The first-order valence-corrected chi connectivity index (χ1v) is 12.2. The minimum absolute atomic E-state index is 0.00682. The molecule has 2 aliphatic rings. The maximum atomic E-state index is 12.9. The number of carbonyl (C=O) groups excluding carboxylic acids is 2. The van der Waals surface area contributed by atoms with Crippen molar-refractivity contribution in [3.05, 3.63) is 11.8 Å². The zero-order valence-corrected chi connectivity index (χ0v) is 18.9. The number of piperidine rings is 1. The maximum absolute atomic E-state index is 12.9. The average Bonchev–Trinajstić information content (AvgIpc) is 3.07. The van der Waals surface area contributed by atoms with Crippen LogP contribution in [0.25, 0.3) is 0 Å². The van der Waals surface area contributed by atoms with Crippen LogP contribution < -0.4 is 0 Å². The third-order valence-electron chi connectivity index (χ3n) is 5.53. The number of hydrogen-bond acceptors (Lipinski definition) is 8. The van der Waals surface area contributed by atoms with E-state index < -0.39 is 9.84 Å². The Hall–Kier alpha value is -2.12. The number of carbonyl (C=O) groups is 2. The molecule has 0 aromatic rings. The van der Waals surface area contributed by atoms with Crippen LogP contribution in [-0.2, 0) is 24.2 Å². The number of hydrogen-bond donors (Lipinski definition) is 0. The van der Waals surface area contributed by atoms with Gasteiger partial charge in [-0.1, -0.05) is 0 Å². The highest BCUT2D eigenvalue weighted by Crippen LogP contribution is 2.22. The van der Waals surface area contributed by atoms with E-state index in [0.29, 0.717) is 52.0 Å². The number of likely N-dealkylation sites (N-methyl/N-ethyl adjacent to an activating group) is 1. The Morgan fingerprint density at radius 3 is 2.37 bits per heavy atom. The molecule has 1 unspecified atom stereocenters. The molecule has 168 valence electrons. The first-order chi connectivity index (χ1) is 14.2. The molecule has 0 saturated carbocycles. The summed E-state index contributed by atoms with van der Waals surface area (Å²) in [5.74, 6) is -0.673. The molecule has 2 aliphatic heterocycles. The molecule has 1 amide bonds. The Morgan fingerprint density at radius 1 is 1.20 bits per heavy atom. The SMILES string of the molecule is CCOC(=O)C1CCN(C(=O)/C(C#N)=C\N(CCN(C)C)C2CCS(=O)(=O)C2)CC1. The first-order valence-electron chi connectivity index (χ1n) is 10.4. The smallest absolute Gasteiger partial charge is 0.309 e. The number of amides is 1. The molecule has 2 heterocycles. The van der Waals surface area contributed by atoms with Gasteiger partial charge in [-0.05, 0) is 40.3 Å². The topological polar surface area (TPSA) is 111 Å². The van der Waals surface area contributed by atoms with Gasteiger partial charge in [0.1, 0.15) is 11.6 Å². The lowest BCUT2D eigenvalue weighted by Gasteiger charge is -2.32. The summed E-state index contributed by atoms with van der Waals surface area (Å²) in [6.45, 7) is 4.06. The van der Waals surface area contributed by atoms with E-state index in [-0.39, 0.29) is 40.9 Å². The monoisotopic (exact) mass is 440 g/mol. The highest BCUT2D eigenvalue weighted by Gasteiger charge is 2.33. The fourth-order valence-corrected chi connectivity index (χ4v) is 5.49. The predicted octanol–water partition coefficient (Wildman–Crippen LogP) is 0.246. The van der Waals surface area contributed by atoms with E-state index in [9.17, 15) is 23.3 Å². The van der Waals surface area contributed by atoms with E-state index >= 15 is 0 Å². The van der Waals surface area contributed by atoms with Crippen molar-refractivity contribution in [2.24, 2.45) is 5.92 Å². The lowest BCUT2D eigenvalue weighted by Crippen LogP contribution is -2.42. The third kappa shape index (κ3) is 6.71. The van der Waals surface area contributed by atoms with E-state index in [1.165, 1.54) is 6.20 Å². The van der Waals surface area contributed by atoms with Crippen molar-refractivity contribution in [1.82, 2.24) is 14.7 Å². The number of nitrogens with zero attached hydrogens (tertiary/aromatic N) is 4. The van der Waals surface area contributed by atoms with Crippen LogP contribution >= 0.6 is 0 Å². The largest absolute Gasteiger partial charge is 0.466 e. The summed E-state index contributed by atoms with van der Waals surface area (Å²) in [6.07, 6.45) is 3.03. The van der Waals surface area contributed by atoms with E-state index in [0.717, 1.165) is 0 Å². The normalized spacial score (nSPS) is 22.0. The number of ether oxygens (including phenoxy) is 1. The number of esters is 1. The molecule has 10 heteroatoms. The van der Waals surface area contributed by atoms with Crippen molar-refractivity contribution in [1.29, 1.82) is 5.26 Å². The Kier molecular flexibility index (Phi) is 8.67. The zero-order chi connectivity index (χ0) is 22.3. The van der Waals surface area contributed by atoms with Gasteiger partial charge >= 0.3 is 5.97 Å². The molecule has 0 aliphatic carbocycles. The molecule has 2 saturated heterocycles. The van der Waals surface area contributed by atoms with E-state index in [2.05, 4.69) is 0 Å². The number of likely N-dealkylation sites (tertiary alicyclic amines) is 1. The minimum Gasteiger partial charge on any atom is -0.466 e. The Labute approximate surface area is 179 Å². The second-order valence-electron chi connectivity index (χ2n) is 8.07. The van der Waals surface area contributed by atoms with Crippen LogP contribution in [0.3, 0.4) is 0 Å². The van der Waals surface area contributed by atoms with E-state index in [4.69, 9.17) is 4.74 Å². The molecule has 2 fully saturated rings. The molecule has 0 N–H and O–H groups in total. The summed E-state index contributed by atoms with van der Waals surface area (Å²) in [6, 6.07) is 1.75. The lowest BCUT2D eigenvalue weighted by molar-refractivity contribution is -0.150. The van der Waals surface area contributed by atoms with Gasteiger partial charge < -0.3 is 19.4 Å². The van der Waals surface area contributed by atoms with Crippen LogP contribution in [0.1, 0.15) is 26.2 Å². The van der Waals surface area contributed by atoms with Crippen LogP contribution in [-0.4, -0.2) is 99.4 Å². The Balaban J connectivity index is 2.09. The summed E-state index contributed by atoms with van der Waals surface area (Å²) in [5.41, 5.74) is -0.00682. The third-order valence-corrected chi connectivity index (χ3v) is 7.28. The fourth-order valence-electron chi connectivity index (χ4n) is 3.75. The molecule has 0 aromatic carbocycles. The van der Waals surface area contributed by atoms with Crippen LogP contribution in [0, 0.1) is 17.2 Å². The molecule has 9 nitrogen and oxygen atoms in total. The van der Waals surface area contributed by atoms with Gasteiger partial charge in [0.25, 0.3) is 5.91 Å². The molecular weight excluding hydrogens is 408 g/mol. The van der Waals surface area contributed by atoms with Crippen molar-refractivity contribution in [3.63, 3.8) is 0 Å². The summed E-state index contributed by atoms with van der Waals surface area (Å²) in [5, 5.41) is 9.61. The standard InChI is InChI=1S/C20H32N4O5S/c1-4-29-20(26)16-5-8-23(9-6-16)19(25)17(13-21)14-24(11-10-22(2)3)18-7-12-30(27,28)15-18/h14,16,18H,4-12,15H2,1-3H3/b17-14-. The molecule has 0 spiro atoms. The van der Waals surface area contributed by atoms with Crippen molar-refractivity contribution in [2.75, 3.05) is 58.4 Å². The van der Waals surface area contributed by atoms with Crippen LogP contribution in [0.15, 0.2) is 11.8 Å². The molecular formula is C20H32N4O5S. The minimum atomic E-state index is -3.09. The highest BCUT2D eigenvalue weighted by atomic mass is 32.2. The summed E-state index contributed by atoms with van der Waals surface area (Å²) >= 11 is 0. The molecule has 30 heavy (non-hydrogen) atoms. The number of rotatable bonds is 8. The first kappa shape index (κ1) is 24.2. The highest BCUT2D eigenvalue weighted by molar-refractivity contribution is 7.91. The quantitative estimate of drug-likeness (QED) is 0.300. The maximum Gasteiger partial charge on any atom is 0.309 e. The van der Waals surface area contributed by atoms with Gasteiger partial charge in [0.15, 0.2) is 9.84 Å². The van der Waals surface area contributed by atoms with Gasteiger partial charge in [0.05, 0.1) is 24.0 Å². The van der Waals surface area contributed by atoms with Crippen molar-refractivity contribution < 1.29 is 22.7 Å². The van der Waals surface area contributed by atoms with Gasteiger partial charge in [0, 0.05) is 38.4 Å². The Bertz CT molecular complexity index is 795. The molecule has 1 atom stereocenters. The summed E-state index contributed by atoms with van der Waals surface area (Å²) in [7, 11) is 0.740. The van der Waals surface area contributed by atoms with Crippen molar-refractivity contribution >= 4 is 21.7 Å². The van der Waals surface area contributed by atoms with Crippen molar-refractivity contribution in [2.45, 2.75) is 32.2 Å². The fraction of sp³-hybridized carbons (Fsp3) is 0.750.